The monoisotopic (exact) mass is 1060 g/mol. The van der Waals surface area contributed by atoms with Gasteiger partial charge in [0.1, 0.15) is 48.8 Å². The third kappa shape index (κ3) is 18.6. The molecule has 9 atom stereocenters. The SMILES string of the molecule is CC(C)(COP(=O)(O)OP(=O)(O)OCC1OC(n2cnc3c(N)ncnc32)C(O)C1OP(=O)(O)O)C(O)C(=O)NCCC(=O)NCCSC(=O)C(N)CCC(=O)NC(CS)C(=O)NCC(=O)O. The van der Waals surface area contributed by atoms with Crippen molar-refractivity contribution in [2.24, 2.45) is 11.1 Å². The smallest absolute Gasteiger partial charge is 0.480 e. The van der Waals surface area contributed by atoms with E-state index in [-0.39, 0.29) is 60.8 Å². The molecule has 0 spiro atoms. The first-order chi connectivity index (χ1) is 31.1. The van der Waals surface area contributed by atoms with Gasteiger partial charge >= 0.3 is 29.4 Å². The number of nitrogens with two attached hydrogens (primary N) is 2. The van der Waals surface area contributed by atoms with Crippen LogP contribution >= 0.6 is 47.9 Å². The van der Waals surface area contributed by atoms with Gasteiger partial charge in [0.2, 0.25) is 28.7 Å². The molecule has 31 nitrogen and oxygen atoms in total. The minimum Gasteiger partial charge on any atom is -0.480 e. The van der Waals surface area contributed by atoms with E-state index in [2.05, 4.69) is 57.7 Å². The first-order valence-electron chi connectivity index (χ1n) is 19.3. The van der Waals surface area contributed by atoms with E-state index in [4.69, 9.17) is 30.4 Å². The number of anilines is 1. The van der Waals surface area contributed by atoms with Gasteiger partial charge in [-0.2, -0.15) is 16.9 Å². The Hall–Kier alpha value is -3.72. The third-order valence-electron chi connectivity index (χ3n) is 8.98. The van der Waals surface area contributed by atoms with E-state index in [1.165, 1.54) is 13.8 Å². The van der Waals surface area contributed by atoms with Crippen molar-refractivity contribution in [2.45, 2.75) is 75.8 Å². The van der Waals surface area contributed by atoms with Crippen molar-refractivity contribution in [1.29, 1.82) is 0 Å². The fourth-order valence-electron chi connectivity index (χ4n) is 5.54. The average Bonchev–Trinajstić information content (AvgIpc) is 3.80. The number of carboxylic acids is 1. The minimum absolute atomic E-state index is 0.00654. The zero-order valence-corrected chi connectivity index (χ0v) is 39.6. The van der Waals surface area contributed by atoms with Crippen molar-refractivity contribution in [3.8, 4) is 0 Å². The highest BCUT2D eigenvalue weighted by molar-refractivity contribution is 8.13. The van der Waals surface area contributed by atoms with Crippen LogP contribution in [0, 0.1) is 5.41 Å². The number of carboxylic acid groups (broad SMARTS) is 1. The van der Waals surface area contributed by atoms with E-state index in [9.17, 15) is 72.2 Å². The normalized spacial score (nSPS) is 20.7. The number of nitrogen functional groups attached to an aromatic ring is 1. The molecule has 15 N–H and O–H groups in total. The Morgan fingerprint density at radius 1 is 0.970 bits per heavy atom. The number of hydrogen-bond acceptors (Lipinski definition) is 23. The van der Waals surface area contributed by atoms with Gasteiger partial charge in [-0.05, 0) is 6.42 Å². The number of aliphatic hydroxyl groups excluding tert-OH is 2. The summed E-state index contributed by atoms with van der Waals surface area (Å²) in [5, 5.41) is 38.9. The number of nitrogens with zero attached hydrogens (tertiary/aromatic N) is 4. The molecule has 3 heterocycles. The number of thiol groups is 1. The largest absolute Gasteiger partial charge is 0.481 e. The molecule has 1 aliphatic rings. The number of amides is 4. The summed E-state index contributed by atoms with van der Waals surface area (Å²) in [6, 6.07) is -2.18. The molecule has 4 amide bonds. The van der Waals surface area contributed by atoms with Gasteiger partial charge < -0.3 is 72.4 Å². The summed E-state index contributed by atoms with van der Waals surface area (Å²) in [5.41, 5.74) is 9.99. The van der Waals surface area contributed by atoms with E-state index >= 15 is 0 Å². The third-order valence-corrected chi connectivity index (χ3v) is 13.4. The van der Waals surface area contributed by atoms with Gasteiger partial charge in [0.05, 0.1) is 25.6 Å². The van der Waals surface area contributed by atoms with Gasteiger partial charge in [-0.25, -0.2) is 28.6 Å². The Bertz CT molecular complexity index is 2240. The topological polar surface area (TPSA) is 485 Å². The summed E-state index contributed by atoms with van der Waals surface area (Å²) in [4.78, 5) is 123. The lowest BCUT2D eigenvalue weighted by atomic mass is 9.87. The lowest BCUT2D eigenvalue weighted by Gasteiger charge is -2.30. The number of fused-ring (bicyclic) bond motifs is 1. The predicted molar refractivity (Wildman–Crippen MR) is 231 cm³/mol. The number of phosphoric ester groups is 3. The van der Waals surface area contributed by atoms with Crippen molar-refractivity contribution < 1.29 is 100.0 Å². The second-order valence-corrected chi connectivity index (χ2v) is 20.5. The van der Waals surface area contributed by atoms with Crippen molar-refractivity contribution in [1.82, 2.24) is 40.8 Å². The Balaban J connectivity index is 1.39. The van der Waals surface area contributed by atoms with Crippen LogP contribution in [0.15, 0.2) is 12.7 Å². The molecule has 2 aromatic heterocycles. The number of ether oxygens (including phenoxy) is 1. The Morgan fingerprint density at radius 3 is 2.28 bits per heavy atom. The van der Waals surface area contributed by atoms with Crippen molar-refractivity contribution >= 4 is 99.6 Å². The molecule has 1 aliphatic heterocycles. The molecular formula is C31H51N10O21P3S2. The molecule has 378 valence electrons. The van der Waals surface area contributed by atoms with Crippen LogP contribution in [0.2, 0.25) is 0 Å². The molecule has 3 rings (SSSR count). The number of imidazole rings is 1. The van der Waals surface area contributed by atoms with Crippen LogP contribution < -0.4 is 32.7 Å². The van der Waals surface area contributed by atoms with Crippen LogP contribution in [0.25, 0.3) is 11.2 Å². The fraction of sp³-hybridized carbons (Fsp3) is 0.645. The maximum atomic E-state index is 12.7. The summed E-state index contributed by atoms with van der Waals surface area (Å²) in [5.74, 6) is -4.39. The molecule has 0 aliphatic carbocycles. The zero-order valence-electron chi connectivity index (χ0n) is 35.3. The van der Waals surface area contributed by atoms with E-state index in [1.54, 1.807) is 0 Å². The summed E-state index contributed by atoms with van der Waals surface area (Å²) >= 11 is 4.73. The fourth-order valence-corrected chi connectivity index (χ4v) is 9.36. The summed E-state index contributed by atoms with van der Waals surface area (Å²) in [6.45, 7) is -0.667. The Labute approximate surface area is 389 Å². The molecule has 2 aromatic rings. The van der Waals surface area contributed by atoms with Gasteiger partial charge in [-0.1, -0.05) is 25.6 Å². The number of phosphoric acid groups is 3. The number of carbonyl (C=O) groups excluding carboxylic acids is 5. The number of carbonyl (C=O) groups is 6. The predicted octanol–water partition coefficient (Wildman–Crippen LogP) is -3.61. The highest BCUT2D eigenvalue weighted by Gasteiger charge is 2.50. The molecule has 0 aromatic carbocycles. The lowest BCUT2D eigenvalue weighted by molar-refractivity contribution is -0.138. The number of aliphatic hydroxyl groups is 2. The highest BCUT2D eigenvalue weighted by atomic mass is 32.2. The van der Waals surface area contributed by atoms with E-state index < -0.39 is 126 Å². The molecule has 1 saturated heterocycles. The van der Waals surface area contributed by atoms with Crippen molar-refractivity contribution in [3.05, 3.63) is 12.7 Å². The number of aliphatic carboxylic acids is 1. The molecule has 9 unspecified atom stereocenters. The summed E-state index contributed by atoms with van der Waals surface area (Å²) in [6.07, 6.45) is -7.60. The van der Waals surface area contributed by atoms with Gasteiger partial charge in [0.15, 0.2) is 17.7 Å². The van der Waals surface area contributed by atoms with E-state index in [0.29, 0.717) is 0 Å². The number of hydrogen-bond donors (Lipinski definition) is 14. The van der Waals surface area contributed by atoms with E-state index in [0.717, 1.165) is 29.0 Å². The molecule has 1 fully saturated rings. The number of aromatic nitrogens is 4. The zero-order chi connectivity index (χ0) is 50.5. The number of nitrogens with one attached hydrogen (secondary N) is 4. The van der Waals surface area contributed by atoms with Crippen LogP contribution in [0.3, 0.4) is 0 Å². The number of rotatable bonds is 28. The van der Waals surface area contributed by atoms with Crippen LogP contribution in [-0.4, -0.2) is 170 Å². The molecule has 0 saturated carbocycles. The molecule has 0 bridgehead atoms. The quantitative estimate of drug-likeness (QED) is 0.0222. The lowest BCUT2D eigenvalue weighted by Crippen LogP contribution is -2.49. The van der Waals surface area contributed by atoms with Gasteiger partial charge in [-0.15, -0.1) is 0 Å². The van der Waals surface area contributed by atoms with Crippen LogP contribution in [0.1, 0.15) is 39.3 Å². The molecule has 0 radical (unpaired) electrons. The second kappa shape index (κ2) is 25.2. The van der Waals surface area contributed by atoms with E-state index in [1.807, 2.05) is 0 Å². The van der Waals surface area contributed by atoms with Gasteiger partial charge in [0.25, 0.3) is 0 Å². The Morgan fingerprint density at radius 2 is 1.64 bits per heavy atom. The average molecular weight is 1060 g/mol. The highest BCUT2D eigenvalue weighted by Crippen LogP contribution is 2.61. The first kappa shape index (κ1) is 57.6. The minimum atomic E-state index is -5.62. The number of thioether (sulfide) groups is 1. The Kier molecular flexibility index (Phi) is 21.7. The first-order valence-corrected chi connectivity index (χ1v) is 25.4. The van der Waals surface area contributed by atoms with Crippen molar-refractivity contribution in [2.75, 3.05) is 50.1 Å². The van der Waals surface area contributed by atoms with Crippen LogP contribution in [0.5, 0.6) is 0 Å². The molecule has 36 heteroatoms. The standard InChI is InChI=1S/C31H51N10O21P3S2/c1-31(2,24(47)28(49)35-6-5-18(42)34-7-8-67-30(50)15(32)3-4-19(43)40-16(11-66)27(48)36-9-20(44)45)12-59-65(56,57)62-64(54,55)58-10-17-23(61-63(51,52)53)22(46)29(60-17)41-14-39-21-25(33)37-13-38-26(21)41/h13-17,22-24,29,46-47,66H,3-12,32H2,1-2H3,(H,34,42)(H,35,49)(H,36,48)(H,40,43)(H,44,45)(H,54,55)(H,56,57)(H2,33,37,38)(H2,51,52,53). The van der Waals surface area contributed by atoms with Crippen molar-refractivity contribution in [3.63, 3.8) is 0 Å². The van der Waals surface area contributed by atoms with Crippen LogP contribution in [0.4, 0.5) is 5.82 Å². The summed E-state index contributed by atoms with van der Waals surface area (Å²) in [7, 11) is -16.5. The maximum Gasteiger partial charge on any atom is 0.481 e. The second-order valence-electron chi connectivity index (χ2n) is 14.8. The van der Waals surface area contributed by atoms with Crippen LogP contribution in [-0.2, 0) is 65.1 Å². The molecule has 67 heavy (non-hydrogen) atoms. The van der Waals surface area contributed by atoms with Gasteiger partial charge in [0, 0.05) is 42.9 Å². The summed E-state index contributed by atoms with van der Waals surface area (Å²) < 4.78 is 62.2. The van der Waals surface area contributed by atoms with Gasteiger partial charge in [-0.3, -0.25) is 46.9 Å². The maximum absolute atomic E-state index is 12.7. The molecular weight excluding hydrogens is 1010 g/mol.